The van der Waals surface area contributed by atoms with Crippen LogP contribution in [0.5, 0.6) is 5.75 Å². The number of nitrogens with zero attached hydrogens (tertiary/aromatic N) is 2. The number of esters is 1. The molecule has 5 heteroatoms. The van der Waals surface area contributed by atoms with Crippen LogP contribution < -0.4 is 4.74 Å². The van der Waals surface area contributed by atoms with Gasteiger partial charge in [-0.15, -0.1) is 0 Å². The molecule has 2 aromatic rings. The minimum Gasteiger partial charge on any atom is -0.423 e. The topological polar surface area (TPSA) is 53.3 Å². The Kier molecular flexibility index (Phi) is 5.31. The van der Waals surface area contributed by atoms with E-state index < -0.39 is 12.0 Å². The monoisotopic (exact) mass is 358 g/mol. The van der Waals surface area contributed by atoms with E-state index >= 15 is 0 Å². The van der Waals surface area contributed by atoms with Gasteiger partial charge in [-0.05, 0) is 44.4 Å². The highest BCUT2D eigenvalue weighted by Gasteiger charge is 2.19. The number of carbonyl (C=O) groups is 1. The second-order valence-corrected chi connectivity index (χ2v) is 5.85. The first-order chi connectivity index (χ1) is 10.5. The summed E-state index contributed by atoms with van der Waals surface area (Å²) in [5, 5.41) is 9.32. The van der Waals surface area contributed by atoms with E-state index in [4.69, 9.17) is 4.74 Å². The van der Waals surface area contributed by atoms with Crippen molar-refractivity contribution in [3.05, 3.63) is 64.1 Å². The maximum atomic E-state index is 12.2. The molecule has 0 aliphatic carbocycles. The molecule has 0 aliphatic rings. The molecule has 2 rings (SSSR count). The van der Waals surface area contributed by atoms with Gasteiger partial charge in [-0.1, -0.05) is 34.1 Å². The number of benzene rings is 2. The molecule has 112 valence electrons. The van der Waals surface area contributed by atoms with Crippen LogP contribution in [0.1, 0.15) is 22.0 Å². The zero-order valence-corrected chi connectivity index (χ0v) is 13.9. The van der Waals surface area contributed by atoms with E-state index in [0.717, 1.165) is 4.47 Å². The van der Waals surface area contributed by atoms with Crippen molar-refractivity contribution in [2.24, 2.45) is 0 Å². The molecule has 0 radical (unpaired) electrons. The van der Waals surface area contributed by atoms with Crippen molar-refractivity contribution < 1.29 is 9.53 Å². The molecule has 0 spiro atoms. The Hall–Kier alpha value is -2.16. The summed E-state index contributed by atoms with van der Waals surface area (Å²) in [6, 6.07) is 15.7. The average Bonchev–Trinajstić information content (AvgIpc) is 2.50. The van der Waals surface area contributed by atoms with Crippen LogP contribution >= 0.6 is 15.9 Å². The smallest absolute Gasteiger partial charge is 0.343 e. The van der Waals surface area contributed by atoms with Crippen molar-refractivity contribution in [1.82, 2.24) is 4.90 Å². The van der Waals surface area contributed by atoms with Gasteiger partial charge in [-0.2, -0.15) is 5.26 Å². The summed E-state index contributed by atoms with van der Waals surface area (Å²) in [6.45, 7) is 0. The Balaban J connectivity index is 2.28. The van der Waals surface area contributed by atoms with Crippen molar-refractivity contribution in [1.29, 1.82) is 5.26 Å². The molecule has 1 atom stereocenters. The molecule has 0 fully saturated rings. The summed E-state index contributed by atoms with van der Waals surface area (Å²) in [7, 11) is 3.61. The molecule has 4 nitrogen and oxygen atoms in total. The van der Waals surface area contributed by atoms with Crippen molar-refractivity contribution >= 4 is 21.9 Å². The van der Waals surface area contributed by atoms with Crippen LogP contribution in [-0.2, 0) is 0 Å². The fourth-order valence-electron chi connectivity index (χ4n) is 2.01. The number of para-hydroxylation sites is 1. The van der Waals surface area contributed by atoms with Crippen LogP contribution in [0.3, 0.4) is 0 Å². The van der Waals surface area contributed by atoms with E-state index in [9.17, 15) is 10.1 Å². The van der Waals surface area contributed by atoms with E-state index in [2.05, 4.69) is 22.0 Å². The van der Waals surface area contributed by atoms with Crippen molar-refractivity contribution in [3.8, 4) is 11.8 Å². The van der Waals surface area contributed by atoms with E-state index in [1.165, 1.54) is 0 Å². The van der Waals surface area contributed by atoms with E-state index in [1.807, 2.05) is 6.07 Å². The average molecular weight is 359 g/mol. The van der Waals surface area contributed by atoms with Crippen LogP contribution in [-0.4, -0.2) is 25.0 Å². The highest BCUT2D eigenvalue weighted by molar-refractivity contribution is 9.10. The molecule has 0 amide bonds. The highest BCUT2D eigenvalue weighted by atomic mass is 79.9. The van der Waals surface area contributed by atoms with Crippen molar-refractivity contribution in [3.63, 3.8) is 0 Å². The van der Waals surface area contributed by atoms with Crippen molar-refractivity contribution in [2.75, 3.05) is 14.1 Å². The lowest BCUT2D eigenvalue weighted by Gasteiger charge is -2.19. The molecule has 0 N–H and O–H groups in total. The van der Waals surface area contributed by atoms with Gasteiger partial charge in [0.25, 0.3) is 0 Å². The SMILES string of the molecule is CN(C)C(C#N)c1ccccc1OC(=O)c1ccc(Br)cc1. The molecule has 22 heavy (non-hydrogen) atoms. The van der Waals surface area contributed by atoms with Gasteiger partial charge in [0.1, 0.15) is 11.8 Å². The molecule has 0 aliphatic heterocycles. The van der Waals surface area contributed by atoms with Crippen LogP contribution in [0.25, 0.3) is 0 Å². The maximum absolute atomic E-state index is 12.2. The number of carbonyl (C=O) groups excluding carboxylic acids is 1. The number of halogens is 1. The van der Waals surface area contributed by atoms with Crippen LogP contribution in [0.4, 0.5) is 0 Å². The standard InChI is InChI=1S/C17H15BrN2O2/c1-20(2)15(11-19)14-5-3-4-6-16(14)22-17(21)12-7-9-13(18)10-8-12/h3-10,15H,1-2H3. The number of ether oxygens (including phenoxy) is 1. The Labute approximate surface area is 138 Å². The summed E-state index contributed by atoms with van der Waals surface area (Å²) in [5.74, 6) is -0.0499. The van der Waals surface area contributed by atoms with Crippen LogP contribution in [0.2, 0.25) is 0 Å². The minimum absolute atomic E-state index is 0.399. The van der Waals surface area contributed by atoms with E-state index in [0.29, 0.717) is 16.9 Å². The summed E-state index contributed by atoms with van der Waals surface area (Å²) < 4.78 is 6.36. The van der Waals surface area contributed by atoms with E-state index in [1.54, 1.807) is 61.5 Å². The molecule has 0 bridgehead atoms. The van der Waals surface area contributed by atoms with Gasteiger partial charge in [0.2, 0.25) is 0 Å². The third-order valence-corrected chi connectivity index (χ3v) is 3.66. The molecule has 0 heterocycles. The predicted octanol–water partition coefficient (Wildman–Crippen LogP) is 3.79. The van der Waals surface area contributed by atoms with Gasteiger partial charge in [-0.3, -0.25) is 4.90 Å². The zero-order chi connectivity index (χ0) is 16.1. The van der Waals surface area contributed by atoms with Crippen LogP contribution in [0.15, 0.2) is 53.0 Å². The minimum atomic E-state index is -0.478. The summed E-state index contributed by atoms with van der Waals surface area (Å²) >= 11 is 3.32. The second kappa shape index (κ2) is 7.21. The second-order valence-electron chi connectivity index (χ2n) is 4.93. The molecule has 1 unspecified atom stereocenters. The Morgan fingerprint density at radius 1 is 1.18 bits per heavy atom. The fraction of sp³-hybridized carbons (Fsp3) is 0.176. The quantitative estimate of drug-likeness (QED) is 0.616. The first-order valence-electron chi connectivity index (χ1n) is 6.65. The third-order valence-electron chi connectivity index (χ3n) is 3.13. The summed E-state index contributed by atoms with van der Waals surface area (Å²) in [4.78, 5) is 14.0. The largest absolute Gasteiger partial charge is 0.423 e. The normalized spacial score (nSPS) is 11.8. The molecule has 0 saturated heterocycles. The Morgan fingerprint density at radius 3 is 2.41 bits per heavy atom. The first kappa shape index (κ1) is 16.2. The number of nitriles is 1. The van der Waals surface area contributed by atoms with Crippen LogP contribution in [0, 0.1) is 11.3 Å². The lowest BCUT2D eigenvalue weighted by atomic mass is 10.1. The van der Waals surface area contributed by atoms with Gasteiger partial charge in [-0.25, -0.2) is 4.79 Å². The van der Waals surface area contributed by atoms with Crippen molar-refractivity contribution in [2.45, 2.75) is 6.04 Å². The number of rotatable bonds is 4. The molecule has 2 aromatic carbocycles. The predicted molar refractivity (Wildman–Crippen MR) is 87.6 cm³/mol. The van der Waals surface area contributed by atoms with Gasteiger partial charge >= 0.3 is 5.97 Å². The van der Waals surface area contributed by atoms with E-state index in [-0.39, 0.29) is 0 Å². The summed E-state index contributed by atoms with van der Waals surface area (Å²) in [6.07, 6.45) is 0. The maximum Gasteiger partial charge on any atom is 0.343 e. The van der Waals surface area contributed by atoms with Gasteiger partial charge in [0.05, 0.1) is 11.6 Å². The van der Waals surface area contributed by atoms with Gasteiger partial charge < -0.3 is 4.74 Å². The first-order valence-corrected chi connectivity index (χ1v) is 7.45. The molecular formula is C17H15BrN2O2. The number of hydrogen-bond acceptors (Lipinski definition) is 4. The van der Waals surface area contributed by atoms with Gasteiger partial charge in [0.15, 0.2) is 0 Å². The lowest BCUT2D eigenvalue weighted by molar-refractivity contribution is 0.0731. The zero-order valence-electron chi connectivity index (χ0n) is 12.3. The molecular weight excluding hydrogens is 344 g/mol. The molecule has 0 saturated carbocycles. The van der Waals surface area contributed by atoms with Gasteiger partial charge in [0, 0.05) is 10.0 Å². The molecule has 0 aromatic heterocycles. The third kappa shape index (κ3) is 3.73. The Bertz CT molecular complexity index is 705. The summed E-state index contributed by atoms with van der Waals surface area (Å²) in [5.41, 5.74) is 1.12. The highest BCUT2D eigenvalue weighted by Crippen LogP contribution is 2.28. The lowest BCUT2D eigenvalue weighted by Crippen LogP contribution is -2.20. The fourth-order valence-corrected chi connectivity index (χ4v) is 2.27. The Morgan fingerprint density at radius 2 is 1.82 bits per heavy atom. The number of hydrogen-bond donors (Lipinski definition) is 0.